The van der Waals surface area contributed by atoms with Gasteiger partial charge in [-0.3, -0.25) is 9.59 Å². The number of nitrogens with zero attached hydrogens (tertiary/aromatic N) is 1. The van der Waals surface area contributed by atoms with E-state index in [1.807, 2.05) is 54.6 Å². The topological polar surface area (TPSA) is 90.7 Å². The predicted molar refractivity (Wildman–Crippen MR) is 132 cm³/mol. The molecule has 7 nitrogen and oxygen atoms in total. The molecule has 5 aromatic rings. The summed E-state index contributed by atoms with van der Waals surface area (Å²) in [5.74, 6) is -0.425. The van der Waals surface area contributed by atoms with Crippen LogP contribution in [0.2, 0.25) is 0 Å². The lowest BCUT2D eigenvalue weighted by atomic mass is 10.1. The Morgan fingerprint density at radius 3 is 2.68 bits per heavy atom. The Morgan fingerprint density at radius 2 is 1.85 bits per heavy atom. The Labute approximate surface area is 199 Å². The maximum atomic E-state index is 12.7. The van der Waals surface area contributed by atoms with Crippen molar-refractivity contribution < 1.29 is 23.5 Å². The number of fused-ring (bicyclic) bond motifs is 4. The molecule has 34 heavy (non-hydrogen) atoms. The van der Waals surface area contributed by atoms with Gasteiger partial charge in [-0.25, -0.2) is 4.98 Å². The van der Waals surface area contributed by atoms with Crippen LogP contribution in [-0.2, 0) is 20.7 Å². The second-order valence-corrected chi connectivity index (χ2v) is 8.96. The third-order valence-corrected chi connectivity index (χ3v) is 6.61. The summed E-state index contributed by atoms with van der Waals surface area (Å²) in [6.45, 7) is 1.54. The summed E-state index contributed by atoms with van der Waals surface area (Å²) in [5, 5.41) is 5.49. The van der Waals surface area contributed by atoms with E-state index in [0.29, 0.717) is 23.4 Å². The van der Waals surface area contributed by atoms with Crippen molar-refractivity contribution in [3.8, 4) is 5.75 Å². The van der Waals surface area contributed by atoms with E-state index in [1.54, 1.807) is 17.4 Å². The van der Waals surface area contributed by atoms with E-state index in [2.05, 4.69) is 10.3 Å². The molecule has 0 aliphatic rings. The zero-order valence-corrected chi connectivity index (χ0v) is 19.5. The average Bonchev–Trinajstić information content (AvgIpc) is 3.42. The van der Waals surface area contributed by atoms with Gasteiger partial charge < -0.3 is 19.2 Å². The number of nitrogens with one attached hydrogen (secondary N) is 1. The molecule has 0 bridgehead atoms. The summed E-state index contributed by atoms with van der Waals surface area (Å²) in [7, 11) is 1.53. The first kappa shape index (κ1) is 21.9. The van der Waals surface area contributed by atoms with Crippen LogP contribution in [0.5, 0.6) is 5.75 Å². The Bertz CT molecular complexity index is 1490. The first-order valence-electron chi connectivity index (χ1n) is 10.9. The molecule has 3 aromatic carbocycles. The number of benzene rings is 3. The summed E-state index contributed by atoms with van der Waals surface area (Å²) in [6.07, 6.45) is -0.367. The molecule has 0 spiro atoms. The molecule has 172 valence electrons. The number of hydrogen-bond acceptors (Lipinski definition) is 7. The third kappa shape index (κ3) is 4.32. The van der Waals surface area contributed by atoms with Gasteiger partial charge >= 0.3 is 5.97 Å². The van der Waals surface area contributed by atoms with Gasteiger partial charge in [-0.15, -0.1) is 11.3 Å². The van der Waals surface area contributed by atoms with Crippen LogP contribution in [0.15, 0.2) is 65.1 Å². The quantitative estimate of drug-likeness (QED) is 0.304. The number of aromatic nitrogens is 1. The molecule has 0 aliphatic heterocycles. The highest BCUT2D eigenvalue weighted by atomic mass is 32.1. The number of para-hydroxylation sites is 2. The lowest BCUT2D eigenvalue weighted by molar-refractivity contribution is -0.153. The fourth-order valence-corrected chi connectivity index (χ4v) is 4.76. The molecule has 8 heteroatoms. The summed E-state index contributed by atoms with van der Waals surface area (Å²) in [4.78, 5) is 29.6. The second kappa shape index (κ2) is 9.15. The third-order valence-electron chi connectivity index (χ3n) is 5.52. The van der Waals surface area contributed by atoms with Crippen LogP contribution in [-0.4, -0.2) is 30.1 Å². The van der Waals surface area contributed by atoms with E-state index >= 15 is 0 Å². The van der Waals surface area contributed by atoms with Crippen molar-refractivity contribution in [2.75, 3.05) is 12.4 Å². The molecule has 0 saturated carbocycles. The summed E-state index contributed by atoms with van der Waals surface area (Å²) in [6, 6.07) is 19.1. The maximum Gasteiger partial charge on any atom is 0.306 e. The number of hydrogen-bond donors (Lipinski definition) is 1. The fraction of sp³-hybridized carbons (Fsp3) is 0.192. The lowest BCUT2D eigenvalue weighted by Gasteiger charge is -2.15. The molecule has 1 N–H and O–H groups in total. The highest BCUT2D eigenvalue weighted by Gasteiger charge is 2.21. The number of furan rings is 1. The molecule has 1 unspecified atom stereocenters. The Hall–Kier alpha value is -3.91. The molecule has 0 fully saturated rings. The number of anilines is 1. The van der Waals surface area contributed by atoms with E-state index in [0.717, 1.165) is 31.6 Å². The molecule has 2 heterocycles. The number of methoxy groups -OCH3 is 1. The zero-order chi connectivity index (χ0) is 23.7. The number of esters is 1. The van der Waals surface area contributed by atoms with Gasteiger partial charge in [-0.2, -0.15) is 0 Å². The zero-order valence-electron chi connectivity index (χ0n) is 18.7. The molecule has 0 aliphatic carbocycles. The number of aryl methyl sites for hydroxylation is 1. The molecule has 0 saturated heterocycles. The van der Waals surface area contributed by atoms with E-state index in [4.69, 9.17) is 13.9 Å². The Balaban J connectivity index is 1.24. The highest BCUT2D eigenvalue weighted by Crippen LogP contribution is 2.36. The van der Waals surface area contributed by atoms with E-state index in [9.17, 15) is 9.59 Å². The van der Waals surface area contributed by atoms with E-state index < -0.39 is 18.0 Å². The molecule has 2 aromatic heterocycles. The van der Waals surface area contributed by atoms with E-state index in [-0.39, 0.29) is 6.42 Å². The number of carbonyl (C=O) groups is 2. The molecule has 1 atom stereocenters. The van der Waals surface area contributed by atoms with E-state index in [1.165, 1.54) is 14.0 Å². The molecule has 5 rings (SSSR count). The van der Waals surface area contributed by atoms with Crippen molar-refractivity contribution in [2.24, 2.45) is 0 Å². The number of carbonyl (C=O) groups excluding carboxylic acids is 2. The predicted octanol–water partition coefficient (Wildman–Crippen LogP) is 5.71. The van der Waals surface area contributed by atoms with Crippen LogP contribution in [0.4, 0.5) is 5.69 Å². The number of amides is 1. The maximum absolute atomic E-state index is 12.7. The number of thiazole rings is 1. The highest BCUT2D eigenvalue weighted by molar-refractivity contribution is 7.18. The van der Waals surface area contributed by atoms with Gasteiger partial charge in [0.25, 0.3) is 5.91 Å². The number of ether oxygens (including phenoxy) is 2. The molecular formula is C26H22N2O5S. The Morgan fingerprint density at radius 1 is 1.06 bits per heavy atom. The van der Waals surface area contributed by atoms with Crippen LogP contribution in [0.3, 0.4) is 0 Å². The van der Waals surface area contributed by atoms with Crippen LogP contribution < -0.4 is 10.1 Å². The van der Waals surface area contributed by atoms with Crippen molar-refractivity contribution in [3.63, 3.8) is 0 Å². The van der Waals surface area contributed by atoms with Crippen molar-refractivity contribution in [2.45, 2.75) is 25.9 Å². The van der Waals surface area contributed by atoms with Crippen molar-refractivity contribution in [3.05, 3.63) is 65.7 Å². The van der Waals surface area contributed by atoms with Gasteiger partial charge in [-0.1, -0.05) is 30.3 Å². The Kier molecular flexibility index (Phi) is 5.90. The molecular weight excluding hydrogens is 452 g/mol. The van der Waals surface area contributed by atoms with Crippen LogP contribution in [0.25, 0.3) is 32.2 Å². The first-order chi connectivity index (χ1) is 16.5. The average molecular weight is 475 g/mol. The summed E-state index contributed by atoms with van der Waals surface area (Å²) in [5.41, 5.74) is 2.73. The fourth-order valence-electron chi connectivity index (χ4n) is 3.80. The van der Waals surface area contributed by atoms with Crippen LogP contribution >= 0.6 is 11.3 Å². The summed E-state index contributed by atoms with van der Waals surface area (Å²) < 4.78 is 17.8. The minimum Gasteiger partial charge on any atom is -0.495 e. The van der Waals surface area contributed by atoms with Gasteiger partial charge in [0.15, 0.2) is 6.10 Å². The van der Waals surface area contributed by atoms with Gasteiger partial charge in [0, 0.05) is 23.3 Å². The SMILES string of the molecule is COc1cc2c(cc1NC(=O)C(C)OC(=O)CCc1nc3ccccc3s1)oc1ccccc12. The second-order valence-electron chi connectivity index (χ2n) is 7.84. The minimum atomic E-state index is -0.973. The largest absolute Gasteiger partial charge is 0.495 e. The van der Waals surface area contributed by atoms with Crippen molar-refractivity contribution in [1.29, 1.82) is 0 Å². The standard InChI is InChI=1S/C26H22N2O5S/c1-15(32-25(29)12-11-24-27-18-8-4-6-10-23(18)34-24)26(30)28-19-14-21-17(13-22(19)31-2)16-7-3-5-9-20(16)33-21/h3-10,13-15H,11-12H2,1-2H3,(H,28,30). The monoisotopic (exact) mass is 474 g/mol. The van der Waals surface area contributed by atoms with Crippen LogP contribution in [0.1, 0.15) is 18.4 Å². The molecule has 1 amide bonds. The minimum absolute atomic E-state index is 0.145. The van der Waals surface area contributed by atoms with Crippen molar-refractivity contribution >= 4 is 61.1 Å². The lowest BCUT2D eigenvalue weighted by Crippen LogP contribution is -2.30. The normalized spacial score (nSPS) is 12.2. The van der Waals surface area contributed by atoms with Crippen molar-refractivity contribution in [1.82, 2.24) is 4.98 Å². The van der Waals surface area contributed by atoms with Crippen LogP contribution in [0, 0.1) is 0 Å². The smallest absolute Gasteiger partial charge is 0.306 e. The van der Waals surface area contributed by atoms with Gasteiger partial charge in [-0.05, 0) is 31.2 Å². The number of rotatable bonds is 7. The van der Waals surface area contributed by atoms with Gasteiger partial charge in [0.2, 0.25) is 0 Å². The summed E-state index contributed by atoms with van der Waals surface area (Å²) >= 11 is 1.55. The van der Waals surface area contributed by atoms with Gasteiger partial charge in [0.1, 0.15) is 16.9 Å². The first-order valence-corrected chi connectivity index (χ1v) is 11.7. The molecule has 0 radical (unpaired) electrons. The van der Waals surface area contributed by atoms with Gasteiger partial charge in [0.05, 0.1) is 34.4 Å².